The average Bonchev–Trinajstić information content (AvgIpc) is 2.94. The molecule has 210 valence electrons. The van der Waals surface area contributed by atoms with Gasteiger partial charge in [-0.15, -0.1) is 0 Å². The van der Waals surface area contributed by atoms with Gasteiger partial charge >= 0.3 is 0 Å². The first-order valence-corrected chi connectivity index (χ1v) is 13.6. The molecule has 2 aliphatic rings. The monoisotopic (exact) mass is 541 g/mol. The lowest BCUT2D eigenvalue weighted by molar-refractivity contribution is -0.111. The summed E-state index contributed by atoms with van der Waals surface area (Å²) in [4.78, 5) is 25.7. The number of guanidine groups is 2. The zero-order valence-electron chi connectivity index (χ0n) is 23.6. The summed E-state index contributed by atoms with van der Waals surface area (Å²) < 4.78 is 6.07. The van der Waals surface area contributed by atoms with Crippen molar-refractivity contribution < 1.29 is 9.53 Å². The van der Waals surface area contributed by atoms with Crippen molar-refractivity contribution in [1.29, 1.82) is 0 Å². The third kappa shape index (κ3) is 7.18. The second kappa shape index (κ2) is 13.1. The highest BCUT2D eigenvalue weighted by atomic mass is 16.5. The molecule has 1 saturated heterocycles. The lowest BCUT2D eigenvalue weighted by Gasteiger charge is -2.38. The van der Waals surface area contributed by atoms with Crippen LogP contribution in [-0.4, -0.2) is 53.8 Å². The number of allylic oxidation sites excluding steroid dienone is 2. The van der Waals surface area contributed by atoms with Gasteiger partial charge in [0.1, 0.15) is 17.3 Å². The summed E-state index contributed by atoms with van der Waals surface area (Å²) in [7, 11) is 1.97. The highest BCUT2D eigenvalue weighted by molar-refractivity contribution is 5.99. The van der Waals surface area contributed by atoms with Crippen LogP contribution in [0, 0.1) is 5.92 Å². The van der Waals surface area contributed by atoms with Gasteiger partial charge in [-0.1, -0.05) is 51.3 Å². The fourth-order valence-electron chi connectivity index (χ4n) is 4.60. The summed E-state index contributed by atoms with van der Waals surface area (Å²) in [5.41, 5.74) is 8.85. The van der Waals surface area contributed by atoms with Crippen molar-refractivity contribution in [3.63, 3.8) is 0 Å². The van der Waals surface area contributed by atoms with Crippen LogP contribution in [0.2, 0.25) is 0 Å². The highest BCUT2D eigenvalue weighted by Gasteiger charge is 2.28. The minimum absolute atomic E-state index is 0.230. The summed E-state index contributed by atoms with van der Waals surface area (Å²) in [6.07, 6.45) is 4.98. The van der Waals surface area contributed by atoms with Crippen LogP contribution in [0.5, 0.6) is 11.5 Å². The Morgan fingerprint density at radius 1 is 1.18 bits per heavy atom. The van der Waals surface area contributed by atoms with Crippen LogP contribution in [-0.2, 0) is 11.3 Å². The zero-order chi connectivity index (χ0) is 28.6. The molecule has 0 saturated carbocycles. The number of hydrogen-bond donors (Lipinski definition) is 3. The molecule has 4 rings (SSSR count). The number of anilines is 1. The maximum Gasteiger partial charge on any atom is 0.247 e. The minimum atomic E-state index is -0.276. The van der Waals surface area contributed by atoms with E-state index in [1.807, 2.05) is 54.4 Å². The quantitative estimate of drug-likeness (QED) is 0.414. The molecule has 2 heterocycles. The van der Waals surface area contributed by atoms with E-state index in [2.05, 4.69) is 42.5 Å². The summed E-state index contributed by atoms with van der Waals surface area (Å²) in [6, 6.07) is 15.2. The van der Waals surface area contributed by atoms with Crippen LogP contribution in [0.1, 0.15) is 32.3 Å². The topological polar surface area (TPSA) is 108 Å². The van der Waals surface area contributed by atoms with Crippen molar-refractivity contribution in [1.82, 2.24) is 15.1 Å². The molecule has 9 nitrogen and oxygen atoms in total. The van der Waals surface area contributed by atoms with Gasteiger partial charge in [-0.05, 0) is 60.2 Å². The smallest absolute Gasteiger partial charge is 0.247 e. The SMILES string of the molecule is C=CC(=O)Nc1cccc(Oc2cccc(CN=C3N=C(N4CCC(N)CC4)N/C(=C(/C=C)C(C)C)N3C)c2)c1. The number of nitrogens with two attached hydrogens (primary N) is 1. The molecule has 0 aliphatic carbocycles. The largest absolute Gasteiger partial charge is 0.457 e. The van der Waals surface area contributed by atoms with Crippen molar-refractivity contribution in [3.05, 3.63) is 90.8 Å². The van der Waals surface area contributed by atoms with Gasteiger partial charge in [0.25, 0.3) is 0 Å². The van der Waals surface area contributed by atoms with Crippen LogP contribution in [0.4, 0.5) is 5.69 Å². The Kier molecular flexibility index (Phi) is 9.39. The standard InChI is InChI=1S/C31H39N7O2/c1-6-27(21(3)4)29-35-31(38-16-14-23(32)15-17-38)36-30(37(29)5)33-20-22-10-8-12-25(18-22)40-26-13-9-11-24(19-26)34-28(39)7-2/h6-13,18-19,21,23H,1-2,14-17,20,32H2,3-5H3,(H,34,39)(H,33,35,36)/b29-27+. The van der Waals surface area contributed by atoms with E-state index in [1.54, 1.807) is 12.1 Å². The number of rotatable bonds is 8. The fourth-order valence-corrected chi connectivity index (χ4v) is 4.60. The molecule has 0 unspecified atom stereocenters. The molecular formula is C31H39N7O2. The number of ether oxygens (including phenoxy) is 1. The predicted molar refractivity (Wildman–Crippen MR) is 162 cm³/mol. The number of nitrogens with one attached hydrogen (secondary N) is 2. The van der Waals surface area contributed by atoms with Gasteiger partial charge in [-0.3, -0.25) is 9.69 Å². The van der Waals surface area contributed by atoms with E-state index in [9.17, 15) is 4.79 Å². The van der Waals surface area contributed by atoms with Crippen LogP contribution in [0.15, 0.2) is 95.2 Å². The first-order valence-electron chi connectivity index (χ1n) is 13.6. The maximum absolute atomic E-state index is 11.6. The number of aliphatic imine (C=N–C) groups is 2. The predicted octanol–water partition coefficient (Wildman–Crippen LogP) is 4.83. The molecule has 1 fully saturated rings. The van der Waals surface area contributed by atoms with Gasteiger partial charge in [0, 0.05) is 37.9 Å². The summed E-state index contributed by atoms with van der Waals surface area (Å²) in [5, 5.41) is 6.29. The molecule has 2 aromatic rings. The second-order valence-electron chi connectivity index (χ2n) is 10.2. The van der Waals surface area contributed by atoms with Gasteiger partial charge in [0.05, 0.1) is 6.54 Å². The Bertz CT molecular complexity index is 1340. The van der Waals surface area contributed by atoms with Crippen molar-refractivity contribution in [2.24, 2.45) is 21.6 Å². The van der Waals surface area contributed by atoms with E-state index < -0.39 is 0 Å². The number of nitrogens with zero attached hydrogens (tertiary/aromatic N) is 4. The van der Waals surface area contributed by atoms with E-state index in [0.29, 0.717) is 29.7 Å². The molecule has 9 heteroatoms. The zero-order valence-corrected chi connectivity index (χ0v) is 23.6. The number of carbonyl (C=O) groups excluding carboxylic acids is 1. The van der Waals surface area contributed by atoms with Crippen molar-refractivity contribution >= 4 is 23.5 Å². The number of piperidine rings is 1. The first kappa shape index (κ1) is 28.6. The van der Waals surface area contributed by atoms with Gasteiger partial charge < -0.3 is 26.0 Å². The molecule has 0 spiro atoms. The van der Waals surface area contributed by atoms with Crippen LogP contribution < -0.4 is 21.1 Å². The van der Waals surface area contributed by atoms with E-state index >= 15 is 0 Å². The molecule has 0 aromatic heterocycles. The van der Waals surface area contributed by atoms with Gasteiger partial charge in [-0.2, -0.15) is 4.99 Å². The van der Waals surface area contributed by atoms with Gasteiger partial charge in [-0.25, -0.2) is 4.99 Å². The first-order chi connectivity index (χ1) is 19.3. The number of amides is 1. The fraction of sp³-hybridized carbons (Fsp3) is 0.323. The molecule has 0 atom stereocenters. The highest BCUT2D eigenvalue weighted by Crippen LogP contribution is 2.26. The Morgan fingerprint density at radius 3 is 2.55 bits per heavy atom. The number of benzene rings is 2. The van der Waals surface area contributed by atoms with Gasteiger partial charge in [0.2, 0.25) is 17.8 Å². The molecule has 1 amide bonds. The van der Waals surface area contributed by atoms with Crippen LogP contribution in [0.3, 0.4) is 0 Å². The molecule has 0 bridgehead atoms. The van der Waals surface area contributed by atoms with E-state index in [1.165, 1.54) is 6.08 Å². The third-order valence-electron chi connectivity index (χ3n) is 6.85. The molecular weight excluding hydrogens is 502 g/mol. The average molecular weight is 542 g/mol. The van der Waals surface area contributed by atoms with Crippen molar-refractivity contribution in [2.45, 2.75) is 39.3 Å². The molecule has 2 aliphatic heterocycles. The van der Waals surface area contributed by atoms with E-state index in [0.717, 1.165) is 48.8 Å². The summed E-state index contributed by atoms with van der Waals surface area (Å²) in [5.74, 6) is 3.63. The Morgan fingerprint density at radius 2 is 1.88 bits per heavy atom. The number of carbonyl (C=O) groups is 1. The van der Waals surface area contributed by atoms with Crippen LogP contribution in [0.25, 0.3) is 0 Å². The summed E-state index contributed by atoms with van der Waals surface area (Å²) in [6.45, 7) is 14.0. The third-order valence-corrected chi connectivity index (χ3v) is 6.85. The number of hydrogen-bond acceptors (Lipinski definition) is 6. The van der Waals surface area contributed by atoms with Crippen LogP contribution >= 0.6 is 0 Å². The van der Waals surface area contributed by atoms with Gasteiger partial charge in [0.15, 0.2) is 0 Å². The Balaban J connectivity index is 1.56. The normalized spacial score (nSPS) is 18.2. The molecule has 2 aromatic carbocycles. The van der Waals surface area contributed by atoms with Crippen molar-refractivity contribution in [3.8, 4) is 11.5 Å². The Hall–Kier alpha value is -4.37. The lowest BCUT2D eigenvalue weighted by atomic mass is 10.0. The number of likely N-dealkylation sites (tertiary alicyclic amines) is 1. The molecule has 0 radical (unpaired) electrons. The lowest BCUT2D eigenvalue weighted by Crippen LogP contribution is -2.53. The molecule has 4 N–H and O–H groups in total. The van der Waals surface area contributed by atoms with E-state index in [4.69, 9.17) is 20.5 Å². The minimum Gasteiger partial charge on any atom is -0.457 e. The van der Waals surface area contributed by atoms with E-state index in [-0.39, 0.29) is 17.9 Å². The maximum atomic E-state index is 11.6. The second-order valence-corrected chi connectivity index (χ2v) is 10.2. The molecule has 40 heavy (non-hydrogen) atoms. The van der Waals surface area contributed by atoms with Crippen molar-refractivity contribution in [2.75, 3.05) is 25.5 Å². The summed E-state index contributed by atoms with van der Waals surface area (Å²) >= 11 is 0. The Labute approximate surface area is 236 Å².